The number of aryl methyl sites for hydroxylation is 2. The molecule has 0 aromatic heterocycles. The van der Waals surface area contributed by atoms with Gasteiger partial charge in [-0.25, -0.2) is 4.39 Å². The quantitative estimate of drug-likeness (QED) is 0.355. The summed E-state index contributed by atoms with van der Waals surface area (Å²) in [6.45, 7) is 3.85. The molecule has 0 fully saturated rings. The van der Waals surface area contributed by atoms with E-state index in [2.05, 4.69) is 21.2 Å². The Bertz CT molecular complexity index is 1180. The second-order valence-corrected chi connectivity index (χ2v) is 7.95. The summed E-state index contributed by atoms with van der Waals surface area (Å²) >= 11 is 3.54. The number of carbonyl (C=O) groups excluding carboxylic acids is 1. The Morgan fingerprint density at radius 2 is 1.93 bits per heavy atom. The van der Waals surface area contributed by atoms with E-state index in [1.54, 1.807) is 12.1 Å². The summed E-state index contributed by atoms with van der Waals surface area (Å²) in [6, 6.07) is 19.8. The number of carbonyl (C=O) groups is 1. The van der Waals surface area contributed by atoms with Crippen LogP contribution in [0.4, 0.5) is 10.1 Å². The predicted molar refractivity (Wildman–Crippen MR) is 121 cm³/mol. The molecule has 3 nitrogen and oxygen atoms in total. The average Bonchev–Trinajstić information content (AvgIpc) is 2.71. The molecule has 0 spiro atoms. The summed E-state index contributed by atoms with van der Waals surface area (Å²) in [5.41, 5.74) is 5.22. The predicted octanol–water partition coefficient (Wildman–Crippen LogP) is 6.34. The van der Waals surface area contributed by atoms with E-state index in [0.29, 0.717) is 12.1 Å². The van der Waals surface area contributed by atoms with E-state index >= 15 is 0 Å². The van der Waals surface area contributed by atoms with Crippen LogP contribution in [0.15, 0.2) is 70.7 Å². The van der Waals surface area contributed by atoms with Crippen LogP contribution in [-0.4, -0.2) is 5.91 Å². The number of halogens is 2. The second kappa shape index (κ2) is 9.51. The van der Waals surface area contributed by atoms with Gasteiger partial charge in [0, 0.05) is 10.2 Å². The maximum absolute atomic E-state index is 13.4. The van der Waals surface area contributed by atoms with Crippen molar-refractivity contribution in [3.63, 3.8) is 0 Å². The van der Waals surface area contributed by atoms with E-state index in [9.17, 15) is 14.4 Å². The molecule has 0 heterocycles. The maximum atomic E-state index is 13.4. The molecular formula is C25H20BrFN2O. The summed E-state index contributed by atoms with van der Waals surface area (Å²) in [4.78, 5) is 12.6. The van der Waals surface area contributed by atoms with Crippen molar-refractivity contribution < 1.29 is 9.18 Å². The molecule has 3 rings (SSSR count). The van der Waals surface area contributed by atoms with Gasteiger partial charge in [-0.3, -0.25) is 4.79 Å². The van der Waals surface area contributed by atoms with E-state index in [4.69, 9.17) is 0 Å². The van der Waals surface area contributed by atoms with Crippen molar-refractivity contribution in [2.75, 3.05) is 5.32 Å². The van der Waals surface area contributed by atoms with E-state index in [1.165, 1.54) is 12.1 Å². The first-order valence-electron chi connectivity index (χ1n) is 9.39. The van der Waals surface area contributed by atoms with Crippen molar-refractivity contribution in [1.82, 2.24) is 0 Å². The number of nitrogens with zero attached hydrogens (tertiary/aromatic N) is 1. The van der Waals surface area contributed by atoms with Crippen LogP contribution in [0.5, 0.6) is 0 Å². The molecule has 0 radical (unpaired) electrons. The Morgan fingerprint density at radius 1 is 1.13 bits per heavy atom. The Morgan fingerprint density at radius 3 is 2.63 bits per heavy atom. The van der Waals surface area contributed by atoms with Gasteiger partial charge < -0.3 is 5.32 Å². The molecule has 0 saturated carbocycles. The second-order valence-electron chi connectivity index (χ2n) is 7.10. The standard InChI is InChI=1S/C25H20BrFN2O/c1-16-6-7-17(2)24(10-16)29-25(30)21(15-28)12-19-8-9-20(23(26)14-19)11-18-4-3-5-22(27)13-18/h3-10,12-14H,11H2,1-2H3,(H,29,30)/b21-12+. The molecule has 1 amide bonds. The lowest BCUT2D eigenvalue weighted by Gasteiger charge is -2.09. The number of benzene rings is 3. The fourth-order valence-electron chi connectivity index (χ4n) is 3.04. The Balaban J connectivity index is 1.80. The van der Waals surface area contributed by atoms with Crippen molar-refractivity contribution in [1.29, 1.82) is 5.26 Å². The molecule has 3 aromatic rings. The number of rotatable bonds is 5. The van der Waals surface area contributed by atoms with Crippen LogP contribution >= 0.6 is 15.9 Å². The molecule has 1 N–H and O–H groups in total. The lowest BCUT2D eigenvalue weighted by molar-refractivity contribution is -0.112. The van der Waals surface area contributed by atoms with Gasteiger partial charge in [0.05, 0.1) is 0 Å². The van der Waals surface area contributed by atoms with E-state index in [-0.39, 0.29) is 11.4 Å². The van der Waals surface area contributed by atoms with E-state index in [0.717, 1.165) is 32.3 Å². The number of amides is 1. The fourth-order valence-corrected chi connectivity index (χ4v) is 3.58. The number of anilines is 1. The minimum absolute atomic E-state index is 0.0145. The Hall–Kier alpha value is -3.23. The molecule has 0 aliphatic rings. The normalized spacial score (nSPS) is 11.1. The van der Waals surface area contributed by atoms with Crippen molar-refractivity contribution >= 4 is 33.6 Å². The fraction of sp³-hybridized carbons (Fsp3) is 0.120. The van der Waals surface area contributed by atoms with Crippen LogP contribution in [0.2, 0.25) is 0 Å². The SMILES string of the molecule is Cc1ccc(C)c(NC(=O)/C(C#N)=C/c2ccc(Cc3cccc(F)c3)c(Br)c2)c1. The first-order chi connectivity index (χ1) is 14.4. The highest BCUT2D eigenvalue weighted by Gasteiger charge is 2.12. The molecule has 3 aromatic carbocycles. The summed E-state index contributed by atoms with van der Waals surface area (Å²) in [5, 5.41) is 12.3. The molecule has 150 valence electrons. The summed E-state index contributed by atoms with van der Waals surface area (Å²) < 4.78 is 14.2. The van der Waals surface area contributed by atoms with Crippen molar-refractivity contribution in [3.8, 4) is 6.07 Å². The largest absolute Gasteiger partial charge is 0.321 e. The molecule has 0 saturated heterocycles. The summed E-state index contributed by atoms with van der Waals surface area (Å²) in [5.74, 6) is -0.720. The van der Waals surface area contributed by atoms with Gasteiger partial charge in [-0.15, -0.1) is 0 Å². The van der Waals surface area contributed by atoms with Crippen LogP contribution in [0.3, 0.4) is 0 Å². The van der Waals surface area contributed by atoms with Crippen LogP contribution in [0.25, 0.3) is 6.08 Å². The highest BCUT2D eigenvalue weighted by molar-refractivity contribution is 9.10. The Labute approximate surface area is 184 Å². The van der Waals surface area contributed by atoms with Gasteiger partial charge in [-0.05, 0) is 78.4 Å². The highest BCUT2D eigenvalue weighted by Crippen LogP contribution is 2.24. The highest BCUT2D eigenvalue weighted by atomic mass is 79.9. The topological polar surface area (TPSA) is 52.9 Å². The van der Waals surface area contributed by atoms with Crippen LogP contribution in [0.1, 0.15) is 27.8 Å². The minimum atomic E-state index is -0.453. The number of hydrogen-bond acceptors (Lipinski definition) is 2. The maximum Gasteiger partial charge on any atom is 0.266 e. The Kier molecular flexibility index (Phi) is 6.81. The van der Waals surface area contributed by atoms with Gasteiger partial charge >= 0.3 is 0 Å². The molecule has 0 aliphatic heterocycles. The zero-order valence-electron chi connectivity index (χ0n) is 16.7. The number of nitriles is 1. The van der Waals surface area contributed by atoms with E-state index in [1.807, 2.05) is 62.4 Å². The zero-order chi connectivity index (χ0) is 21.7. The van der Waals surface area contributed by atoms with Gasteiger partial charge in [0.2, 0.25) is 0 Å². The van der Waals surface area contributed by atoms with Crippen LogP contribution in [0, 0.1) is 31.0 Å². The van der Waals surface area contributed by atoms with Gasteiger partial charge in [0.25, 0.3) is 5.91 Å². The number of hydrogen-bond donors (Lipinski definition) is 1. The molecule has 0 bridgehead atoms. The smallest absolute Gasteiger partial charge is 0.266 e. The van der Waals surface area contributed by atoms with Crippen molar-refractivity contribution in [2.45, 2.75) is 20.3 Å². The third-order valence-corrected chi connectivity index (χ3v) is 5.42. The third-order valence-electron chi connectivity index (χ3n) is 4.68. The van der Waals surface area contributed by atoms with Gasteiger partial charge in [-0.1, -0.05) is 52.3 Å². The first-order valence-corrected chi connectivity index (χ1v) is 10.2. The van der Waals surface area contributed by atoms with Gasteiger partial charge in [-0.2, -0.15) is 5.26 Å². The third kappa shape index (κ3) is 5.43. The van der Waals surface area contributed by atoms with Crippen LogP contribution < -0.4 is 5.32 Å². The van der Waals surface area contributed by atoms with Gasteiger partial charge in [0.15, 0.2) is 0 Å². The summed E-state index contributed by atoms with van der Waals surface area (Å²) in [7, 11) is 0. The molecule has 0 aliphatic carbocycles. The molecule has 30 heavy (non-hydrogen) atoms. The lowest BCUT2D eigenvalue weighted by Crippen LogP contribution is -2.14. The van der Waals surface area contributed by atoms with Crippen molar-refractivity contribution in [2.24, 2.45) is 0 Å². The lowest BCUT2D eigenvalue weighted by atomic mass is 10.0. The van der Waals surface area contributed by atoms with Crippen molar-refractivity contribution in [3.05, 3.63) is 104 Å². The minimum Gasteiger partial charge on any atom is -0.321 e. The molecule has 5 heteroatoms. The summed E-state index contributed by atoms with van der Waals surface area (Å²) in [6.07, 6.45) is 2.12. The number of nitrogens with one attached hydrogen (secondary N) is 1. The molecule has 0 atom stereocenters. The molecular weight excluding hydrogens is 443 g/mol. The van der Waals surface area contributed by atoms with E-state index < -0.39 is 5.91 Å². The first kappa shape index (κ1) is 21.5. The van der Waals surface area contributed by atoms with Crippen LogP contribution in [-0.2, 0) is 11.2 Å². The molecule has 0 unspecified atom stereocenters. The average molecular weight is 463 g/mol. The zero-order valence-corrected chi connectivity index (χ0v) is 18.3. The van der Waals surface area contributed by atoms with Gasteiger partial charge in [0.1, 0.15) is 17.5 Å². The monoisotopic (exact) mass is 462 g/mol.